The Morgan fingerprint density at radius 2 is 1.77 bits per heavy atom. The molecule has 5 aliphatic rings. The van der Waals surface area contributed by atoms with E-state index < -0.39 is 43.9 Å². The number of methoxy groups -OCH3 is 1. The monoisotopic (exact) mass is 452 g/mol. The van der Waals surface area contributed by atoms with Crippen LogP contribution in [0.5, 0.6) is 0 Å². The molecule has 0 aromatic rings. The van der Waals surface area contributed by atoms with Crippen LogP contribution in [-0.4, -0.2) is 77.5 Å². The number of hydrogen-bond acceptors (Lipinski definition) is 6. The first-order valence-corrected chi connectivity index (χ1v) is 12.5. The van der Waals surface area contributed by atoms with Crippen molar-refractivity contribution in [3.63, 3.8) is 0 Å². The van der Waals surface area contributed by atoms with Crippen molar-refractivity contribution in [2.24, 2.45) is 11.3 Å². The van der Waals surface area contributed by atoms with E-state index in [0.717, 1.165) is 30.6 Å². The number of carbonyl (C=O) groups excluding carboxylic acids is 2. The molecule has 170 valence electrons. The maximum atomic E-state index is 13.8. The minimum atomic E-state index is -3.77. The van der Waals surface area contributed by atoms with E-state index in [1.165, 1.54) is 7.11 Å². The molecule has 0 radical (unpaired) electrons. The smallest absolute Gasteiger partial charge is 0.306 e. The van der Waals surface area contributed by atoms with Crippen molar-refractivity contribution in [3.05, 3.63) is 11.3 Å². The molecular formula is C21H28N2O7S. The summed E-state index contributed by atoms with van der Waals surface area (Å²) in [4.78, 5) is 40.4. The zero-order valence-electron chi connectivity index (χ0n) is 17.8. The molecule has 2 amide bonds. The molecule has 3 heterocycles. The van der Waals surface area contributed by atoms with Crippen LogP contribution >= 0.6 is 0 Å². The average molecular weight is 453 g/mol. The van der Waals surface area contributed by atoms with Crippen molar-refractivity contribution in [3.8, 4) is 0 Å². The van der Waals surface area contributed by atoms with Crippen LogP contribution in [0, 0.1) is 11.3 Å². The fraction of sp³-hybridized carbons (Fsp3) is 0.762. The van der Waals surface area contributed by atoms with Gasteiger partial charge in [-0.3, -0.25) is 19.3 Å². The zero-order chi connectivity index (χ0) is 22.3. The summed E-state index contributed by atoms with van der Waals surface area (Å²) in [5.41, 5.74) is 0.315. The number of carboxylic acids is 1. The number of likely N-dealkylation sites (tertiary alicyclic amines) is 1. The highest BCUT2D eigenvalue weighted by Crippen LogP contribution is 2.75. The minimum absolute atomic E-state index is 0.177. The summed E-state index contributed by atoms with van der Waals surface area (Å²) in [6.45, 7) is 2.25. The number of piperidine rings is 1. The molecule has 3 aliphatic heterocycles. The van der Waals surface area contributed by atoms with Gasteiger partial charge in [-0.1, -0.05) is 12.8 Å². The Hall–Kier alpha value is -1.94. The number of carbonyl (C=O) groups is 3. The number of β-lactam (4-membered cyclic amide) rings is 1. The number of hydrogen-bond donors (Lipinski definition) is 1. The Morgan fingerprint density at radius 3 is 2.32 bits per heavy atom. The molecule has 2 saturated carbocycles. The van der Waals surface area contributed by atoms with Crippen LogP contribution in [0.4, 0.5) is 0 Å². The zero-order valence-corrected chi connectivity index (χ0v) is 18.6. The number of aliphatic carboxylic acids is 1. The Bertz CT molecular complexity index is 1000. The van der Waals surface area contributed by atoms with Gasteiger partial charge in [-0.15, -0.1) is 0 Å². The normalized spacial score (nSPS) is 36.0. The molecule has 3 atom stereocenters. The fourth-order valence-electron chi connectivity index (χ4n) is 6.73. The summed E-state index contributed by atoms with van der Waals surface area (Å²) in [6, 6.07) is 0. The van der Waals surface area contributed by atoms with E-state index in [4.69, 9.17) is 4.74 Å². The lowest BCUT2D eigenvalue weighted by Crippen LogP contribution is -2.73. The van der Waals surface area contributed by atoms with Gasteiger partial charge in [-0.25, -0.2) is 8.42 Å². The van der Waals surface area contributed by atoms with E-state index in [-0.39, 0.29) is 30.1 Å². The number of rotatable bonds is 3. The number of amides is 2. The first-order chi connectivity index (χ1) is 14.6. The van der Waals surface area contributed by atoms with Gasteiger partial charge in [0.15, 0.2) is 21.3 Å². The van der Waals surface area contributed by atoms with Gasteiger partial charge in [0.25, 0.3) is 11.8 Å². The van der Waals surface area contributed by atoms with Crippen LogP contribution in [-0.2, 0) is 29.0 Å². The topological polar surface area (TPSA) is 121 Å². The van der Waals surface area contributed by atoms with E-state index in [1.807, 2.05) is 0 Å². The SMILES string of the molecule is COC1C(=O)N2C(C(=O)N3CCC(C(=O)O)CC3)=C(C)C3(CC34CCCC4)S(=O)(=O)C12. The average Bonchev–Trinajstić information content (AvgIpc) is 3.16. The Labute approximate surface area is 181 Å². The van der Waals surface area contributed by atoms with E-state index in [0.29, 0.717) is 24.8 Å². The number of sulfone groups is 1. The van der Waals surface area contributed by atoms with Crippen LogP contribution in [0.3, 0.4) is 0 Å². The van der Waals surface area contributed by atoms with Crippen molar-refractivity contribution in [2.45, 2.75) is 68.1 Å². The van der Waals surface area contributed by atoms with Crippen LogP contribution in [0.1, 0.15) is 51.9 Å². The highest BCUT2D eigenvalue weighted by Gasteiger charge is 2.81. The third-order valence-electron chi connectivity index (χ3n) is 8.47. The van der Waals surface area contributed by atoms with Crippen molar-refractivity contribution in [1.29, 1.82) is 0 Å². The number of ether oxygens (including phenoxy) is 1. The number of fused-ring (bicyclic) bond motifs is 2. The van der Waals surface area contributed by atoms with Gasteiger partial charge in [0.1, 0.15) is 10.4 Å². The number of carboxylic acid groups (broad SMARTS) is 1. The molecule has 0 aromatic carbocycles. The van der Waals surface area contributed by atoms with E-state index >= 15 is 0 Å². The molecule has 1 N–H and O–H groups in total. The minimum Gasteiger partial charge on any atom is -0.481 e. The molecule has 4 fully saturated rings. The Kier molecular flexibility index (Phi) is 4.42. The molecule has 0 bridgehead atoms. The van der Waals surface area contributed by atoms with Crippen LogP contribution < -0.4 is 0 Å². The molecule has 2 aliphatic carbocycles. The summed E-state index contributed by atoms with van der Waals surface area (Å²) in [7, 11) is -2.45. The standard InChI is InChI=1S/C21H28N2O7S/c1-12-14(16(24)22-9-5-13(6-10-22)19(26)27)23-17(25)15(30-2)18(23)31(28,29)21(12)11-20(21)7-3-4-8-20/h13,15,18H,3-11H2,1-2H3,(H,26,27). The second-order valence-corrected chi connectivity index (χ2v) is 11.9. The Balaban J connectivity index is 1.56. The van der Waals surface area contributed by atoms with Crippen LogP contribution in [0.25, 0.3) is 0 Å². The molecular weight excluding hydrogens is 424 g/mol. The summed E-state index contributed by atoms with van der Waals surface area (Å²) in [5.74, 6) is -2.23. The lowest BCUT2D eigenvalue weighted by molar-refractivity contribution is -0.162. The van der Waals surface area contributed by atoms with Crippen molar-refractivity contribution >= 4 is 27.6 Å². The van der Waals surface area contributed by atoms with E-state index in [2.05, 4.69) is 0 Å². The van der Waals surface area contributed by atoms with Gasteiger partial charge in [0.2, 0.25) is 0 Å². The lowest BCUT2D eigenvalue weighted by atomic mass is 9.92. The van der Waals surface area contributed by atoms with Gasteiger partial charge >= 0.3 is 5.97 Å². The van der Waals surface area contributed by atoms with Crippen LogP contribution in [0.15, 0.2) is 11.3 Å². The van der Waals surface area contributed by atoms with Gasteiger partial charge in [0.05, 0.1) is 5.92 Å². The third-order valence-corrected chi connectivity index (χ3v) is 11.4. The molecule has 31 heavy (non-hydrogen) atoms. The number of nitrogens with zero attached hydrogens (tertiary/aromatic N) is 2. The maximum absolute atomic E-state index is 13.8. The molecule has 9 nitrogen and oxygen atoms in total. The van der Waals surface area contributed by atoms with Gasteiger partial charge in [-0.05, 0) is 50.0 Å². The second kappa shape index (κ2) is 6.54. The second-order valence-electron chi connectivity index (χ2n) is 9.67. The maximum Gasteiger partial charge on any atom is 0.306 e. The van der Waals surface area contributed by atoms with Gasteiger partial charge in [-0.2, -0.15) is 0 Å². The third kappa shape index (κ3) is 2.40. The highest BCUT2D eigenvalue weighted by molar-refractivity contribution is 7.94. The predicted molar refractivity (Wildman–Crippen MR) is 108 cm³/mol. The van der Waals surface area contributed by atoms with Gasteiger partial charge < -0.3 is 14.7 Å². The van der Waals surface area contributed by atoms with Crippen LogP contribution in [0.2, 0.25) is 0 Å². The molecule has 10 heteroatoms. The molecule has 2 spiro atoms. The highest BCUT2D eigenvalue weighted by atomic mass is 32.2. The molecule has 2 saturated heterocycles. The summed E-state index contributed by atoms with van der Waals surface area (Å²) in [6.07, 6.45) is 3.67. The Morgan fingerprint density at radius 1 is 1.16 bits per heavy atom. The van der Waals surface area contributed by atoms with E-state index in [9.17, 15) is 27.9 Å². The quantitative estimate of drug-likeness (QED) is 0.632. The fourth-order valence-corrected chi connectivity index (χ4v) is 9.99. The molecule has 3 unspecified atom stereocenters. The first kappa shape index (κ1) is 20.9. The van der Waals surface area contributed by atoms with E-state index in [1.54, 1.807) is 11.8 Å². The largest absolute Gasteiger partial charge is 0.481 e. The van der Waals surface area contributed by atoms with Crippen molar-refractivity contribution in [2.75, 3.05) is 20.2 Å². The lowest BCUT2D eigenvalue weighted by Gasteiger charge is -2.52. The molecule has 5 rings (SSSR count). The summed E-state index contributed by atoms with van der Waals surface area (Å²) < 4.78 is 31.8. The first-order valence-electron chi connectivity index (χ1n) is 11.0. The van der Waals surface area contributed by atoms with Crippen molar-refractivity contribution < 1.29 is 32.6 Å². The summed E-state index contributed by atoms with van der Waals surface area (Å²) >= 11 is 0. The van der Waals surface area contributed by atoms with Gasteiger partial charge in [0, 0.05) is 20.2 Å². The molecule has 0 aromatic heterocycles. The van der Waals surface area contributed by atoms with Crippen molar-refractivity contribution in [1.82, 2.24) is 9.80 Å². The predicted octanol–water partition coefficient (Wildman–Crippen LogP) is 0.898. The summed E-state index contributed by atoms with van der Waals surface area (Å²) in [5, 5.41) is 8.07.